The van der Waals surface area contributed by atoms with Crippen LogP contribution in [-0.4, -0.2) is 42.0 Å². The van der Waals surface area contributed by atoms with E-state index in [0.717, 1.165) is 37.6 Å². The van der Waals surface area contributed by atoms with Crippen LogP contribution >= 0.6 is 0 Å². The van der Waals surface area contributed by atoms with Gasteiger partial charge in [-0.2, -0.15) is 10.4 Å². The van der Waals surface area contributed by atoms with E-state index in [4.69, 9.17) is 10.00 Å². The van der Waals surface area contributed by atoms with Crippen molar-refractivity contribution in [2.24, 2.45) is 0 Å². The number of amides is 1. The minimum atomic E-state index is -0.210. The van der Waals surface area contributed by atoms with Gasteiger partial charge in [-0.3, -0.25) is 9.48 Å². The number of carbonyl (C=O) groups is 1. The number of hydrogen-bond acceptors (Lipinski definition) is 5. The van der Waals surface area contributed by atoms with Crippen LogP contribution in [-0.2, 0) is 11.3 Å². The quantitative estimate of drug-likeness (QED) is 0.697. The van der Waals surface area contributed by atoms with Gasteiger partial charge in [-0.1, -0.05) is 30.3 Å². The van der Waals surface area contributed by atoms with E-state index in [1.165, 1.54) is 0 Å². The number of hydrogen-bond donors (Lipinski definition) is 2. The number of aromatic nitrogens is 2. The van der Waals surface area contributed by atoms with Crippen LogP contribution in [0.2, 0.25) is 0 Å². The zero-order valence-electron chi connectivity index (χ0n) is 17.0. The van der Waals surface area contributed by atoms with E-state index in [2.05, 4.69) is 21.8 Å². The fourth-order valence-electron chi connectivity index (χ4n) is 2.96. The molecular weight excluding hydrogens is 378 g/mol. The average Bonchev–Trinajstić information content (AvgIpc) is 3.26. The minimum absolute atomic E-state index is 0.210. The Morgan fingerprint density at radius 2 is 1.93 bits per heavy atom. The number of carbonyl (C=O) groups excluding carboxylic acids is 1. The van der Waals surface area contributed by atoms with Crippen LogP contribution in [0.3, 0.4) is 0 Å². The van der Waals surface area contributed by atoms with E-state index in [-0.39, 0.29) is 5.91 Å². The Balaban J connectivity index is 0.000000367. The lowest BCUT2D eigenvalue weighted by molar-refractivity contribution is 0.101. The third kappa shape index (κ3) is 5.77. The Morgan fingerprint density at radius 1 is 1.17 bits per heavy atom. The zero-order valence-corrected chi connectivity index (χ0v) is 17.0. The van der Waals surface area contributed by atoms with E-state index >= 15 is 0 Å². The van der Waals surface area contributed by atoms with Gasteiger partial charge in [0.25, 0.3) is 5.91 Å². The maximum Gasteiger partial charge on any atom is 0.273 e. The van der Waals surface area contributed by atoms with Crippen LogP contribution in [0.1, 0.15) is 23.0 Å². The normalized spacial score (nSPS) is 12.9. The van der Waals surface area contributed by atoms with Gasteiger partial charge in [0.2, 0.25) is 0 Å². The van der Waals surface area contributed by atoms with Crippen molar-refractivity contribution in [3.63, 3.8) is 0 Å². The van der Waals surface area contributed by atoms with Crippen molar-refractivity contribution >= 4 is 11.6 Å². The summed E-state index contributed by atoms with van der Waals surface area (Å²) in [7, 11) is 0. The second kappa shape index (κ2) is 10.9. The third-order valence-electron chi connectivity index (χ3n) is 4.48. The molecule has 30 heavy (non-hydrogen) atoms. The SMILES string of the molecule is C1COCCN1.CCn1nc(-c2cccc(C#N)c2)cc1C(=O)Nc1ccccc1. The summed E-state index contributed by atoms with van der Waals surface area (Å²) >= 11 is 0. The standard InChI is InChI=1S/C19H16N4O.C4H9NO/c1-2-23-18(19(24)21-16-9-4-3-5-10-16)12-17(22-23)15-8-6-7-14(11-15)13-20;1-3-6-4-2-5-1/h3-12H,2H2,1H3,(H,21,24);5H,1-4H2. The maximum atomic E-state index is 12.5. The van der Waals surface area contributed by atoms with Crippen LogP contribution < -0.4 is 10.6 Å². The lowest BCUT2D eigenvalue weighted by atomic mass is 10.1. The first kappa shape index (κ1) is 21.2. The van der Waals surface area contributed by atoms with Gasteiger partial charge in [0.15, 0.2) is 0 Å². The van der Waals surface area contributed by atoms with Gasteiger partial charge < -0.3 is 15.4 Å². The number of nitriles is 1. The van der Waals surface area contributed by atoms with Crippen molar-refractivity contribution in [1.29, 1.82) is 5.26 Å². The molecule has 1 amide bonds. The zero-order chi connectivity index (χ0) is 21.2. The molecule has 2 heterocycles. The Morgan fingerprint density at radius 3 is 2.53 bits per heavy atom. The van der Waals surface area contributed by atoms with Crippen LogP contribution in [0, 0.1) is 11.3 Å². The van der Waals surface area contributed by atoms with Gasteiger partial charge in [-0.25, -0.2) is 0 Å². The van der Waals surface area contributed by atoms with Gasteiger partial charge in [-0.05, 0) is 37.3 Å². The van der Waals surface area contributed by atoms with Crippen molar-refractivity contribution in [2.75, 3.05) is 31.6 Å². The molecule has 4 rings (SSSR count). The Hall–Kier alpha value is -3.47. The van der Waals surface area contributed by atoms with Crippen LogP contribution in [0.25, 0.3) is 11.3 Å². The van der Waals surface area contributed by atoms with Gasteiger partial charge >= 0.3 is 0 Å². The molecule has 154 valence electrons. The number of benzene rings is 2. The summed E-state index contributed by atoms with van der Waals surface area (Å²) in [4.78, 5) is 12.5. The molecule has 3 aromatic rings. The van der Waals surface area contributed by atoms with Gasteiger partial charge in [0.05, 0.1) is 30.5 Å². The number of nitrogens with one attached hydrogen (secondary N) is 2. The molecule has 7 nitrogen and oxygen atoms in total. The van der Waals surface area contributed by atoms with Crippen LogP contribution in [0.4, 0.5) is 5.69 Å². The van der Waals surface area contributed by atoms with Crippen molar-refractivity contribution < 1.29 is 9.53 Å². The maximum absolute atomic E-state index is 12.5. The van der Waals surface area contributed by atoms with Gasteiger partial charge in [0.1, 0.15) is 5.69 Å². The lowest BCUT2D eigenvalue weighted by Crippen LogP contribution is -2.30. The first-order valence-electron chi connectivity index (χ1n) is 9.94. The van der Waals surface area contributed by atoms with Crippen LogP contribution in [0.5, 0.6) is 0 Å². The molecule has 0 saturated carbocycles. The summed E-state index contributed by atoms with van der Waals surface area (Å²) in [5.74, 6) is -0.210. The molecule has 7 heteroatoms. The minimum Gasteiger partial charge on any atom is -0.379 e. The molecular formula is C23H25N5O2. The summed E-state index contributed by atoms with van der Waals surface area (Å²) in [6, 6.07) is 20.4. The number of morpholine rings is 1. The van der Waals surface area contributed by atoms with E-state index in [1.54, 1.807) is 22.9 Å². The van der Waals surface area contributed by atoms with Crippen molar-refractivity contribution in [3.8, 4) is 17.3 Å². The van der Waals surface area contributed by atoms with Crippen molar-refractivity contribution in [2.45, 2.75) is 13.5 Å². The lowest BCUT2D eigenvalue weighted by Gasteiger charge is -2.10. The topological polar surface area (TPSA) is 92.0 Å². The van der Waals surface area contributed by atoms with Gasteiger partial charge in [0, 0.05) is 30.9 Å². The largest absolute Gasteiger partial charge is 0.379 e. The second-order valence-corrected chi connectivity index (χ2v) is 6.61. The first-order valence-corrected chi connectivity index (χ1v) is 9.94. The highest BCUT2D eigenvalue weighted by molar-refractivity contribution is 6.03. The molecule has 1 aliphatic heterocycles. The van der Waals surface area contributed by atoms with E-state index < -0.39 is 0 Å². The molecule has 0 aliphatic carbocycles. The van der Waals surface area contributed by atoms with Gasteiger partial charge in [-0.15, -0.1) is 0 Å². The Kier molecular flexibility index (Phi) is 7.72. The molecule has 1 aliphatic rings. The number of nitrogens with zero attached hydrogens (tertiary/aromatic N) is 3. The fraction of sp³-hybridized carbons (Fsp3) is 0.261. The highest BCUT2D eigenvalue weighted by atomic mass is 16.5. The molecule has 1 aromatic heterocycles. The Bertz CT molecular complexity index is 992. The van der Waals surface area contributed by atoms with Crippen molar-refractivity contribution in [3.05, 3.63) is 71.9 Å². The third-order valence-corrected chi connectivity index (χ3v) is 4.48. The summed E-state index contributed by atoms with van der Waals surface area (Å²) in [6.07, 6.45) is 0. The number of rotatable bonds is 4. The highest BCUT2D eigenvalue weighted by Crippen LogP contribution is 2.21. The molecule has 1 fully saturated rings. The predicted molar refractivity (Wildman–Crippen MR) is 116 cm³/mol. The number of anilines is 1. The average molecular weight is 403 g/mol. The molecule has 0 radical (unpaired) electrons. The highest BCUT2D eigenvalue weighted by Gasteiger charge is 2.16. The Labute approximate surface area is 176 Å². The summed E-state index contributed by atoms with van der Waals surface area (Å²) < 4.78 is 6.67. The summed E-state index contributed by atoms with van der Waals surface area (Å²) in [5, 5.41) is 19.5. The first-order chi connectivity index (χ1) is 14.7. The number of ether oxygens (including phenoxy) is 1. The van der Waals surface area contributed by atoms with E-state index in [1.807, 2.05) is 49.4 Å². The second-order valence-electron chi connectivity index (χ2n) is 6.61. The molecule has 0 atom stereocenters. The molecule has 0 unspecified atom stereocenters. The smallest absolute Gasteiger partial charge is 0.273 e. The van der Waals surface area contributed by atoms with E-state index in [0.29, 0.717) is 23.5 Å². The summed E-state index contributed by atoms with van der Waals surface area (Å²) in [5.41, 5.74) is 3.27. The van der Waals surface area contributed by atoms with E-state index in [9.17, 15) is 4.79 Å². The number of aryl methyl sites for hydroxylation is 1. The number of para-hydroxylation sites is 1. The fourth-order valence-corrected chi connectivity index (χ4v) is 2.96. The predicted octanol–water partition coefficient (Wildman–Crippen LogP) is 3.30. The van der Waals surface area contributed by atoms with Crippen LogP contribution in [0.15, 0.2) is 60.7 Å². The summed E-state index contributed by atoms with van der Waals surface area (Å²) in [6.45, 7) is 6.34. The monoisotopic (exact) mass is 403 g/mol. The molecule has 2 N–H and O–H groups in total. The molecule has 1 saturated heterocycles. The molecule has 0 bridgehead atoms. The molecule has 0 spiro atoms. The molecule has 2 aromatic carbocycles. The van der Waals surface area contributed by atoms with Crippen molar-refractivity contribution in [1.82, 2.24) is 15.1 Å².